The van der Waals surface area contributed by atoms with Crippen LogP contribution in [0.15, 0.2) is 49.2 Å². The van der Waals surface area contributed by atoms with Crippen LogP contribution in [-0.4, -0.2) is 41.1 Å². The number of pyridine rings is 1. The monoisotopic (exact) mass is 379 g/mol. The number of hydrogen-bond donors (Lipinski definition) is 4. The van der Waals surface area contributed by atoms with Crippen LogP contribution in [0.2, 0.25) is 0 Å². The number of nitrogens with zero attached hydrogens (tertiary/aromatic N) is 6. The number of hydrogen-bond acceptors (Lipinski definition) is 8. The number of anilines is 2. The van der Waals surface area contributed by atoms with Gasteiger partial charge in [0, 0.05) is 24.2 Å². The van der Waals surface area contributed by atoms with E-state index >= 15 is 0 Å². The molecule has 0 bridgehead atoms. The van der Waals surface area contributed by atoms with Gasteiger partial charge in [-0.2, -0.15) is 10.2 Å². The van der Waals surface area contributed by atoms with Gasteiger partial charge in [-0.25, -0.2) is 20.3 Å². The third-order valence-corrected chi connectivity index (χ3v) is 4.44. The molecule has 1 atom stereocenters. The van der Waals surface area contributed by atoms with Crippen LogP contribution in [0.5, 0.6) is 0 Å². The molecule has 5 N–H and O–H groups in total. The fraction of sp³-hybridized carbons (Fsp3) is 0.222. The van der Waals surface area contributed by atoms with E-state index in [2.05, 4.69) is 37.0 Å². The summed E-state index contributed by atoms with van der Waals surface area (Å²) < 4.78 is 3.47. The lowest BCUT2D eigenvalue weighted by atomic mass is 10.1. The van der Waals surface area contributed by atoms with Crippen LogP contribution in [-0.2, 0) is 6.54 Å². The van der Waals surface area contributed by atoms with Crippen LogP contribution in [0.4, 0.5) is 11.6 Å². The molecule has 1 unspecified atom stereocenters. The smallest absolute Gasteiger partial charge is 0.183 e. The van der Waals surface area contributed by atoms with Gasteiger partial charge in [0.15, 0.2) is 11.6 Å². The molecule has 0 aromatic carbocycles. The number of aromatic nitrogens is 6. The lowest BCUT2D eigenvalue weighted by molar-refractivity contribution is 0.269. The first-order valence-electron chi connectivity index (χ1n) is 8.85. The van der Waals surface area contributed by atoms with E-state index in [-0.39, 0.29) is 12.6 Å². The maximum atomic E-state index is 9.05. The van der Waals surface area contributed by atoms with Gasteiger partial charge in [0.25, 0.3) is 0 Å². The molecule has 0 spiro atoms. The second kappa shape index (κ2) is 7.62. The van der Waals surface area contributed by atoms with E-state index in [9.17, 15) is 0 Å². The Labute approximate surface area is 161 Å². The predicted molar refractivity (Wildman–Crippen MR) is 105 cm³/mol. The van der Waals surface area contributed by atoms with Gasteiger partial charge in [-0.1, -0.05) is 0 Å². The fourth-order valence-electron chi connectivity index (χ4n) is 2.95. The molecule has 0 aliphatic carbocycles. The van der Waals surface area contributed by atoms with Crippen molar-refractivity contribution in [3.63, 3.8) is 0 Å². The first-order valence-corrected chi connectivity index (χ1v) is 8.85. The first kappa shape index (κ1) is 17.9. The van der Waals surface area contributed by atoms with Gasteiger partial charge >= 0.3 is 0 Å². The molecule has 4 aromatic heterocycles. The fourth-order valence-corrected chi connectivity index (χ4v) is 2.95. The van der Waals surface area contributed by atoms with Crippen molar-refractivity contribution in [2.24, 2.45) is 5.84 Å². The van der Waals surface area contributed by atoms with Crippen molar-refractivity contribution >= 4 is 17.2 Å². The number of fused-ring (bicyclic) bond motifs is 1. The second-order valence-electron chi connectivity index (χ2n) is 6.34. The lowest BCUT2D eigenvalue weighted by Gasteiger charge is -2.17. The van der Waals surface area contributed by atoms with E-state index in [1.165, 1.54) is 0 Å². The largest absolute Gasteiger partial charge is 0.394 e. The molecule has 0 fully saturated rings. The molecule has 0 aliphatic rings. The molecule has 4 aromatic rings. The number of aliphatic hydroxyl groups excluding tert-OH is 1. The zero-order valence-electron chi connectivity index (χ0n) is 15.3. The minimum Gasteiger partial charge on any atom is -0.394 e. The van der Waals surface area contributed by atoms with Crippen LogP contribution >= 0.6 is 0 Å². The summed E-state index contributed by atoms with van der Waals surface area (Å²) in [4.78, 5) is 9.01. The second-order valence-corrected chi connectivity index (χ2v) is 6.34. The Balaban J connectivity index is 1.61. The predicted octanol–water partition coefficient (Wildman–Crippen LogP) is 1.44. The Hall–Kier alpha value is -3.50. The summed E-state index contributed by atoms with van der Waals surface area (Å²) in [5.41, 5.74) is 6.14. The highest BCUT2D eigenvalue weighted by atomic mass is 16.3. The van der Waals surface area contributed by atoms with Gasteiger partial charge in [-0.15, -0.1) is 0 Å². The summed E-state index contributed by atoms with van der Waals surface area (Å²) in [6, 6.07) is 5.99. The van der Waals surface area contributed by atoms with Gasteiger partial charge in [-0.3, -0.25) is 4.68 Å². The molecular weight excluding hydrogens is 358 g/mol. The summed E-state index contributed by atoms with van der Waals surface area (Å²) in [7, 11) is 0. The molecule has 4 heterocycles. The average molecular weight is 379 g/mol. The number of aliphatic hydroxyl groups is 1. The van der Waals surface area contributed by atoms with Crippen molar-refractivity contribution in [3.05, 3.63) is 54.7 Å². The molecule has 0 radical (unpaired) electrons. The van der Waals surface area contributed by atoms with E-state index < -0.39 is 0 Å². The lowest BCUT2D eigenvalue weighted by Crippen LogP contribution is -2.15. The molecule has 28 heavy (non-hydrogen) atoms. The van der Waals surface area contributed by atoms with Crippen molar-refractivity contribution in [1.82, 2.24) is 29.4 Å². The molecule has 10 nitrogen and oxygen atoms in total. The molecule has 0 saturated heterocycles. The van der Waals surface area contributed by atoms with E-state index in [4.69, 9.17) is 10.9 Å². The van der Waals surface area contributed by atoms with Gasteiger partial charge in [0.2, 0.25) is 0 Å². The minimum atomic E-state index is -0.0336. The standard InChI is InChI=1S/C18H21N9O/c1-12(13-3-5-27-15(8-13)2-4-21-27)23-18-17(25-19)20-10-16(24-18)14-9-22-26(11-14)6-7-28/h2-5,8-12,28H,6-7,19H2,1H3,(H,20,25)(H,23,24). The van der Waals surface area contributed by atoms with Gasteiger partial charge in [0.05, 0.1) is 42.8 Å². The summed E-state index contributed by atoms with van der Waals surface area (Å²) in [5, 5.41) is 20.8. The van der Waals surface area contributed by atoms with Crippen LogP contribution in [0.3, 0.4) is 0 Å². The summed E-state index contributed by atoms with van der Waals surface area (Å²) in [6.07, 6.45) is 8.82. The maximum absolute atomic E-state index is 9.05. The molecule has 4 rings (SSSR count). The highest BCUT2D eigenvalue weighted by molar-refractivity contribution is 5.66. The molecule has 10 heteroatoms. The van der Waals surface area contributed by atoms with Crippen molar-refractivity contribution in [3.8, 4) is 11.3 Å². The number of nitrogens with two attached hydrogens (primary N) is 1. The van der Waals surface area contributed by atoms with E-state index in [0.29, 0.717) is 23.9 Å². The van der Waals surface area contributed by atoms with Crippen molar-refractivity contribution in [1.29, 1.82) is 0 Å². The van der Waals surface area contributed by atoms with Crippen LogP contribution in [0.25, 0.3) is 16.8 Å². The SMILES string of the molecule is CC(Nc1nc(-c2cnn(CCO)c2)cnc1NN)c1ccn2nccc2c1. The third-order valence-electron chi connectivity index (χ3n) is 4.44. The zero-order chi connectivity index (χ0) is 19.5. The van der Waals surface area contributed by atoms with E-state index in [1.54, 1.807) is 23.3 Å². The molecule has 0 aliphatic heterocycles. The van der Waals surface area contributed by atoms with Crippen molar-refractivity contribution < 1.29 is 5.11 Å². The van der Waals surface area contributed by atoms with Gasteiger partial charge in [0.1, 0.15) is 0 Å². The van der Waals surface area contributed by atoms with Crippen LogP contribution < -0.4 is 16.6 Å². The van der Waals surface area contributed by atoms with E-state index in [0.717, 1.165) is 16.6 Å². The molecule has 0 amide bonds. The Kier molecular flexibility index (Phi) is 4.87. The topological polar surface area (TPSA) is 131 Å². The highest BCUT2D eigenvalue weighted by Gasteiger charge is 2.14. The summed E-state index contributed by atoms with van der Waals surface area (Å²) in [6.45, 7) is 2.49. The number of nitrogens with one attached hydrogen (secondary N) is 2. The highest BCUT2D eigenvalue weighted by Crippen LogP contribution is 2.26. The average Bonchev–Trinajstić information content (AvgIpc) is 3.37. The Morgan fingerprint density at radius 3 is 2.93 bits per heavy atom. The molecule has 144 valence electrons. The Morgan fingerprint density at radius 2 is 2.11 bits per heavy atom. The van der Waals surface area contributed by atoms with Crippen molar-refractivity contribution in [2.45, 2.75) is 19.5 Å². The van der Waals surface area contributed by atoms with Crippen LogP contribution in [0, 0.1) is 0 Å². The number of nitrogen functional groups attached to an aromatic ring is 1. The van der Waals surface area contributed by atoms with Gasteiger partial charge in [-0.05, 0) is 30.7 Å². The Bertz CT molecular complexity index is 1090. The summed E-state index contributed by atoms with van der Waals surface area (Å²) >= 11 is 0. The third kappa shape index (κ3) is 3.50. The first-order chi connectivity index (χ1) is 13.7. The normalized spacial score (nSPS) is 12.2. The zero-order valence-corrected chi connectivity index (χ0v) is 15.3. The molecule has 0 saturated carbocycles. The minimum absolute atomic E-state index is 0.0225. The quantitative estimate of drug-likeness (QED) is 0.280. The van der Waals surface area contributed by atoms with Crippen LogP contribution in [0.1, 0.15) is 18.5 Å². The summed E-state index contributed by atoms with van der Waals surface area (Å²) in [5.74, 6) is 6.60. The van der Waals surface area contributed by atoms with Crippen molar-refractivity contribution in [2.75, 3.05) is 17.3 Å². The number of rotatable bonds is 7. The number of hydrazine groups is 1. The Morgan fingerprint density at radius 1 is 1.21 bits per heavy atom. The van der Waals surface area contributed by atoms with Gasteiger partial charge < -0.3 is 15.8 Å². The maximum Gasteiger partial charge on any atom is 0.183 e. The van der Waals surface area contributed by atoms with E-state index in [1.807, 2.05) is 36.0 Å². The molecular formula is C18H21N9O.